The largest absolute Gasteiger partial charge is 0.351 e. The van der Waals surface area contributed by atoms with Crippen molar-refractivity contribution in [3.05, 3.63) is 39.8 Å². The normalized spacial score (nSPS) is 11.7. The predicted molar refractivity (Wildman–Crippen MR) is 46.1 cm³/mol. The van der Waals surface area contributed by atoms with E-state index in [1.54, 1.807) is 6.08 Å². The maximum Gasteiger partial charge on any atom is 0.245 e. The lowest BCUT2D eigenvalue weighted by Gasteiger charge is -1.94. The number of allylic oxidation sites excluding steroid dienone is 1. The van der Waals surface area contributed by atoms with Gasteiger partial charge in [0.25, 0.3) is 0 Å². The van der Waals surface area contributed by atoms with Crippen LogP contribution in [0.2, 0.25) is 0 Å². The third-order valence-electron chi connectivity index (χ3n) is 1.63. The van der Waals surface area contributed by atoms with Crippen molar-refractivity contribution in [3.63, 3.8) is 0 Å². The van der Waals surface area contributed by atoms with Gasteiger partial charge in [0.2, 0.25) is 5.70 Å². The first kappa shape index (κ1) is 8.52. The molecule has 1 heterocycles. The van der Waals surface area contributed by atoms with Crippen LogP contribution in [0.15, 0.2) is 24.0 Å². The first-order valence-corrected chi connectivity index (χ1v) is 3.55. The third kappa shape index (κ3) is 1.72. The van der Waals surface area contributed by atoms with Gasteiger partial charge in [-0.05, 0) is 12.1 Å². The number of rotatable bonds is 2. The van der Waals surface area contributed by atoms with Gasteiger partial charge in [0.15, 0.2) is 0 Å². The van der Waals surface area contributed by atoms with Gasteiger partial charge in [-0.1, -0.05) is 0 Å². The van der Waals surface area contributed by atoms with Crippen LogP contribution in [-0.4, -0.2) is 9.49 Å². The molecule has 0 N–H and O–H groups in total. The monoisotopic (exact) mass is 166 g/mol. The Morgan fingerprint density at radius 3 is 2.83 bits per heavy atom. The maximum atomic E-state index is 10.3. The minimum Gasteiger partial charge on any atom is -0.351 e. The molecular weight excluding hydrogens is 156 g/mol. The van der Waals surface area contributed by atoms with Crippen LogP contribution < -0.4 is 0 Å². The number of nitro groups is 1. The second-order valence-corrected chi connectivity index (χ2v) is 2.59. The maximum absolute atomic E-state index is 10.3. The summed E-state index contributed by atoms with van der Waals surface area (Å²) in [6, 6.07) is 3.67. The van der Waals surface area contributed by atoms with Crippen LogP contribution in [0, 0.1) is 10.1 Å². The Morgan fingerprint density at radius 1 is 1.75 bits per heavy atom. The summed E-state index contributed by atoms with van der Waals surface area (Å²) in [6.07, 6.45) is 3.39. The lowest BCUT2D eigenvalue weighted by Crippen LogP contribution is -1.95. The zero-order valence-electron chi connectivity index (χ0n) is 7.02. The van der Waals surface area contributed by atoms with Crippen LogP contribution in [0.25, 0.3) is 6.08 Å². The van der Waals surface area contributed by atoms with Gasteiger partial charge in [0.1, 0.15) is 0 Å². The quantitative estimate of drug-likeness (QED) is 0.495. The summed E-state index contributed by atoms with van der Waals surface area (Å²) in [5.41, 5.74) is 0.987. The molecule has 0 aliphatic heterocycles. The number of nitrogens with zero attached hydrogens (tertiary/aromatic N) is 2. The molecule has 1 rings (SSSR count). The predicted octanol–water partition coefficient (Wildman–Crippen LogP) is 1.66. The van der Waals surface area contributed by atoms with Gasteiger partial charge < -0.3 is 4.57 Å². The zero-order valence-corrected chi connectivity index (χ0v) is 7.02. The summed E-state index contributed by atoms with van der Waals surface area (Å²) in [5.74, 6) is 0. The van der Waals surface area contributed by atoms with Gasteiger partial charge in [0.05, 0.1) is 4.92 Å². The Morgan fingerprint density at radius 2 is 2.42 bits per heavy atom. The third-order valence-corrected chi connectivity index (χ3v) is 1.63. The van der Waals surface area contributed by atoms with Gasteiger partial charge in [-0.2, -0.15) is 0 Å². The Hall–Kier alpha value is -1.58. The first-order chi connectivity index (χ1) is 5.61. The molecule has 4 heteroatoms. The Bertz CT molecular complexity index is 326. The fraction of sp³-hybridized carbons (Fsp3) is 0.250. The van der Waals surface area contributed by atoms with E-state index in [-0.39, 0.29) is 5.70 Å². The van der Waals surface area contributed by atoms with Crippen molar-refractivity contribution in [1.82, 2.24) is 4.57 Å². The minimum absolute atomic E-state index is 0.150. The average molecular weight is 166 g/mol. The molecule has 0 unspecified atom stereocenters. The van der Waals surface area contributed by atoms with Gasteiger partial charge in [-0.3, -0.25) is 10.1 Å². The molecule has 0 bridgehead atoms. The SMILES string of the molecule is C/C(=C/c1cccn1C)[N+](=O)[O-]. The summed E-state index contributed by atoms with van der Waals surface area (Å²) in [6.45, 7) is 1.48. The molecule has 0 amide bonds. The highest BCUT2D eigenvalue weighted by Gasteiger charge is 2.02. The van der Waals surface area contributed by atoms with Crippen molar-refractivity contribution >= 4 is 6.08 Å². The van der Waals surface area contributed by atoms with E-state index < -0.39 is 4.92 Å². The Kier molecular flexibility index (Phi) is 2.28. The molecule has 12 heavy (non-hydrogen) atoms. The summed E-state index contributed by atoms with van der Waals surface area (Å²) < 4.78 is 1.83. The van der Waals surface area contributed by atoms with Crippen molar-refractivity contribution in [2.75, 3.05) is 0 Å². The zero-order chi connectivity index (χ0) is 9.14. The molecule has 0 saturated carbocycles. The number of hydrogen-bond donors (Lipinski definition) is 0. The number of aryl methyl sites for hydroxylation is 1. The average Bonchev–Trinajstić information content (AvgIpc) is 2.36. The van der Waals surface area contributed by atoms with Crippen LogP contribution in [0.4, 0.5) is 0 Å². The second-order valence-electron chi connectivity index (χ2n) is 2.59. The molecule has 0 saturated heterocycles. The smallest absolute Gasteiger partial charge is 0.245 e. The van der Waals surface area contributed by atoms with Crippen molar-refractivity contribution in [2.45, 2.75) is 6.92 Å². The fourth-order valence-corrected chi connectivity index (χ4v) is 0.891. The van der Waals surface area contributed by atoms with Crippen LogP contribution in [0.1, 0.15) is 12.6 Å². The van der Waals surface area contributed by atoms with Crippen LogP contribution >= 0.6 is 0 Å². The van der Waals surface area contributed by atoms with E-state index in [1.807, 2.05) is 29.9 Å². The highest BCUT2D eigenvalue weighted by atomic mass is 16.6. The van der Waals surface area contributed by atoms with E-state index in [0.29, 0.717) is 0 Å². The summed E-state index contributed by atoms with van der Waals surface area (Å²) in [5, 5.41) is 10.3. The van der Waals surface area contributed by atoms with Gasteiger partial charge in [-0.25, -0.2) is 0 Å². The highest BCUT2D eigenvalue weighted by molar-refractivity contribution is 5.46. The first-order valence-electron chi connectivity index (χ1n) is 3.55. The van der Waals surface area contributed by atoms with E-state index in [0.717, 1.165) is 5.69 Å². The van der Waals surface area contributed by atoms with Crippen LogP contribution in [0.5, 0.6) is 0 Å². The second kappa shape index (κ2) is 3.21. The minimum atomic E-state index is -0.396. The van der Waals surface area contributed by atoms with E-state index in [4.69, 9.17) is 0 Å². The van der Waals surface area contributed by atoms with E-state index in [9.17, 15) is 10.1 Å². The molecule has 1 aromatic rings. The van der Waals surface area contributed by atoms with E-state index in [1.165, 1.54) is 6.92 Å². The summed E-state index contributed by atoms with van der Waals surface area (Å²) in [4.78, 5) is 9.87. The fourth-order valence-electron chi connectivity index (χ4n) is 0.891. The molecule has 0 aliphatic rings. The van der Waals surface area contributed by atoms with Crippen molar-refractivity contribution < 1.29 is 4.92 Å². The molecule has 0 atom stereocenters. The van der Waals surface area contributed by atoms with Crippen molar-refractivity contribution in [2.24, 2.45) is 7.05 Å². The van der Waals surface area contributed by atoms with Crippen LogP contribution in [0.3, 0.4) is 0 Å². The molecule has 0 spiro atoms. The number of aromatic nitrogens is 1. The molecule has 1 aromatic heterocycles. The molecule has 0 radical (unpaired) electrons. The highest BCUT2D eigenvalue weighted by Crippen LogP contribution is 2.06. The standard InChI is InChI=1S/C8H10N2O2/c1-7(10(11)12)6-8-4-3-5-9(8)2/h3-6H,1-2H3/b7-6-. The molecule has 0 fully saturated rings. The molecular formula is C8H10N2O2. The van der Waals surface area contributed by atoms with E-state index >= 15 is 0 Å². The van der Waals surface area contributed by atoms with Crippen LogP contribution in [-0.2, 0) is 7.05 Å². The molecule has 64 valence electrons. The van der Waals surface area contributed by atoms with Gasteiger partial charge in [-0.15, -0.1) is 0 Å². The molecule has 0 aliphatic carbocycles. The topological polar surface area (TPSA) is 48.1 Å². The Balaban J connectivity index is 2.95. The van der Waals surface area contributed by atoms with Crippen molar-refractivity contribution in [1.29, 1.82) is 0 Å². The molecule has 0 aromatic carbocycles. The number of hydrogen-bond acceptors (Lipinski definition) is 2. The lowest BCUT2D eigenvalue weighted by atomic mass is 10.3. The van der Waals surface area contributed by atoms with Gasteiger partial charge >= 0.3 is 0 Å². The molecule has 4 nitrogen and oxygen atoms in total. The van der Waals surface area contributed by atoms with E-state index in [2.05, 4.69) is 0 Å². The van der Waals surface area contributed by atoms with Gasteiger partial charge in [0, 0.05) is 31.9 Å². The lowest BCUT2D eigenvalue weighted by molar-refractivity contribution is -0.422. The summed E-state index contributed by atoms with van der Waals surface area (Å²) >= 11 is 0. The Labute approximate surface area is 70.3 Å². The summed E-state index contributed by atoms with van der Waals surface area (Å²) in [7, 11) is 1.85. The van der Waals surface area contributed by atoms with Crippen molar-refractivity contribution in [3.8, 4) is 0 Å².